The van der Waals surface area contributed by atoms with E-state index in [9.17, 15) is 4.79 Å². The normalized spacial score (nSPS) is 10.6. The SMILES string of the molecule is Cc1cc(CCCC(=O)O)c2ccccc2n1. The summed E-state index contributed by atoms with van der Waals surface area (Å²) in [7, 11) is 0. The van der Waals surface area contributed by atoms with Crippen LogP contribution in [0.4, 0.5) is 0 Å². The highest BCUT2D eigenvalue weighted by atomic mass is 16.4. The fourth-order valence-electron chi connectivity index (χ4n) is 2.03. The van der Waals surface area contributed by atoms with Gasteiger partial charge in [0.25, 0.3) is 0 Å². The summed E-state index contributed by atoms with van der Waals surface area (Å²) in [5.74, 6) is -0.736. The zero-order valence-corrected chi connectivity index (χ0v) is 9.81. The van der Waals surface area contributed by atoms with Crippen molar-refractivity contribution in [2.75, 3.05) is 0 Å². The van der Waals surface area contributed by atoms with Crippen LogP contribution < -0.4 is 0 Å². The summed E-state index contributed by atoms with van der Waals surface area (Å²) in [4.78, 5) is 15.0. The van der Waals surface area contributed by atoms with Crippen molar-refractivity contribution in [1.82, 2.24) is 4.98 Å². The van der Waals surface area contributed by atoms with Crippen LogP contribution in [0.3, 0.4) is 0 Å². The Hall–Kier alpha value is -1.90. The maximum atomic E-state index is 10.5. The summed E-state index contributed by atoms with van der Waals surface area (Å²) < 4.78 is 0. The van der Waals surface area contributed by atoms with Crippen molar-refractivity contribution in [3.63, 3.8) is 0 Å². The molecule has 2 rings (SSSR count). The second-order valence-electron chi connectivity index (χ2n) is 4.19. The molecule has 0 aliphatic rings. The van der Waals surface area contributed by atoms with E-state index in [1.54, 1.807) is 0 Å². The van der Waals surface area contributed by atoms with E-state index in [0.717, 1.165) is 23.0 Å². The number of rotatable bonds is 4. The van der Waals surface area contributed by atoms with E-state index in [1.165, 1.54) is 5.56 Å². The summed E-state index contributed by atoms with van der Waals surface area (Å²) >= 11 is 0. The molecule has 0 aliphatic heterocycles. The summed E-state index contributed by atoms with van der Waals surface area (Å²) in [6.45, 7) is 1.97. The molecular weight excluding hydrogens is 214 g/mol. The van der Waals surface area contributed by atoms with Crippen LogP contribution in [0.15, 0.2) is 30.3 Å². The topological polar surface area (TPSA) is 50.2 Å². The Labute approximate surface area is 100 Å². The Kier molecular flexibility index (Phi) is 3.38. The number of carboxylic acids is 1. The second kappa shape index (κ2) is 4.95. The number of benzene rings is 1. The van der Waals surface area contributed by atoms with E-state index in [-0.39, 0.29) is 6.42 Å². The lowest BCUT2D eigenvalue weighted by Gasteiger charge is -2.06. The van der Waals surface area contributed by atoms with Crippen molar-refractivity contribution < 1.29 is 9.90 Å². The first-order valence-corrected chi connectivity index (χ1v) is 5.74. The Morgan fingerprint density at radius 3 is 2.88 bits per heavy atom. The minimum Gasteiger partial charge on any atom is -0.481 e. The first-order chi connectivity index (χ1) is 8.16. The lowest BCUT2D eigenvalue weighted by molar-refractivity contribution is -0.137. The van der Waals surface area contributed by atoms with Gasteiger partial charge >= 0.3 is 5.97 Å². The lowest BCUT2D eigenvalue weighted by Crippen LogP contribution is -1.97. The fraction of sp³-hybridized carbons (Fsp3) is 0.286. The third-order valence-electron chi connectivity index (χ3n) is 2.77. The van der Waals surface area contributed by atoms with E-state index in [0.29, 0.717) is 6.42 Å². The quantitative estimate of drug-likeness (QED) is 0.876. The van der Waals surface area contributed by atoms with E-state index in [2.05, 4.69) is 4.98 Å². The molecule has 0 saturated heterocycles. The lowest BCUT2D eigenvalue weighted by atomic mass is 10.0. The molecule has 2 aromatic rings. The van der Waals surface area contributed by atoms with Gasteiger partial charge in [-0.2, -0.15) is 0 Å². The number of aromatic nitrogens is 1. The van der Waals surface area contributed by atoms with Crippen LogP contribution in [0, 0.1) is 6.92 Å². The van der Waals surface area contributed by atoms with E-state index >= 15 is 0 Å². The molecule has 1 aromatic carbocycles. The highest BCUT2D eigenvalue weighted by molar-refractivity contribution is 5.82. The molecule has 0 fully saturated rings. The van der Waals surface area contributed by atoms with Gasteiger partial charge in [-0.05, 0) is 37.5 Å². The van der Waals surface area contributed by atoms with Gasteiger partial charge in [0, 0.05) is 17.5 Å². The molecule has 17 heavy (non-hydrogen) atoms. The molecular formula is C14H15NO2. The standard InChI is InChI=1S/C14H15NO2/c1-10-9-11(5-4-8-14(16)17)12-6-2-3-7-13(12)15-10/h2-3,6-7,9H,4-5,8H2,1H3,(H,16,17). The molecule has 0 atom stereocenters. The van der Waals surface area contributed by atoms with Gasteiger partial charge in [0.1, 0.15) is 0 Å². The fourth-order valence-corrected chi connectivity index (χ4v) is 2.03. The molecule has 88 valence electrons. The molecule has 0 bridgehead atoms. The predicted octanol–water partition coefficient (Wildman–Crippen LogP) is 2.95. The van der Waals surface area contributed by atoms with Gasteiger partial charge in [-0.3, -0.25) is 9.78 Å². The summed E-state index contributed by atoms with van der Waals surface area (Å²) in [5, 5.41) is 9.78. The molecule has 1 N–H and O–H groups in total. The number of fused-ring (bicyclic) bond motifs is 1. The van der Waals surface area contributed by atoms with Gasteiger partial charge in [-0.25, -0.2) is 0 Å². The van der Waals surface area contributed by atoms with Crippen LogP contribution in [0.2, 0.25) is 0 Å². The molecule has 0 spiro atoms. The van der Waals surface area contributed by atoms with Crippen molar-refractivity contribution in [3.8, 4) is 0 Å². The minimum atomic E-state index is -0.736. The number of hydrogen-bond acceptors (Lipinski definition) is 2. The molecule has 3 heteroatoms. The molecule has 0 saturated carbocycles. The maximum absolute atomic E-state index is 10.5. The highest BCUT2D eigenvalue weighted by Crippen LogP contribution is 2.19. The van der Waals surface area contributed by atoms with Gasteiger partial charge in [-0.1, -0.05) is 18.2 Å². The number of aryl methyl sites for hydroxylation is 2. The number of pyridine rings is 1. The van der Waals surface area contributed by atoms with Crippen LogP contribution >= 0.6 is 0 Å². The van der Waals surface area contributed by atoms with Gasteiger partial charge in [-0.15, -0.1) is 0 Å². The first-order valence-electron chi connectivity index (χ1n) is 5.74. The monoisotopic (exact) mass is 229 g/mol. The Morgan fingerprint density at radius 1 is 1.35 bits per heavy atom. The molecule has 1 heterocycles. The van der Waals surface area contributed by atoms with Crippen molar-refractivity contribution in [2.45, 2.75) is 26.2 Å². The molecule has 0 radical (unpaired) electrons. The van der Waals surface area contributed by atoms with Gasteiger partial charge in [0.2, 0.25) is 0 Å². The minimum absolute atomic E-state index is 0.218. The third-order valence-corrected chi connectivity index (χ3v) is 2.77. The molecule has 0 aliphatic carbocycles. The Bertz CT molecular complexity index is 549. The maximum Gasteiger partial charge on any atom is 0.303 e. The highest BCUT2D eigenvalue weighted by Gasteiger charge is 2.04. The number of aliphatic carboxylic acids is 1. The van der Waals surface area contributed by atoms with Crippen LogP contribution in [0.5, 0.6) is 0 Å². The summed E-state index contributed by atoms with van der Waals surface area (Å²) in [6, 6.07) is 10.0. The van der Waals surface area contributed by atoms with Crippen LogP contribution in [-0.4, -0.2) is 16.1 Å². The second-order valence-corrected chi connectivity index (χ2v) is 4.19. The first kappa shape index (κ1) is 11.6. The van der Waals surface area contributed by atoms with Gasteiger partial charge < -0.3 is 5.11 Å². The van der Waals surface area contributed by atoms with E-state index in [1.807, 2.05) is 37.3 Å². The molecule has 1 aromatic heterocycles. The van der Waals surface area contributed by atoms with Gasteiger partial charge in [0.15, 0.2) is 0 Å². The molecule has 0 amide bonds. The summed E-state index contributed by atoms with van der Waals surface area (Å²) in [5.41, 5.74) is 3.15. The largest absolute Gasteiger partial charge is 0.481 e. The van der Waals surface area contributed by atoms with Crippen LogP contribution in [-0.2, 0) is 11.2 Å². The summed E-state index contributed by atoms with van der Waals surface area (Å²) in [6.07, 6.45) is 1.68. The van der Waals surface area contributed by atoms with Crippen molar-refractivity contribution in [2.24, 2.45) is 0 Å². The smallest absolute Gasteiger partial charge is 0.303 e. The average molecular weight is 229 g/mol. The molecule has 3 nitrogen and oxygen atoms in total. The van der Waals surface area contributed by atoms with Crippen LogP contribution in [0.1, 0.15) is 24.1 Å². The Balaban J connectivity index is 2.29. The number of para-hydroxylation sites is 1. The average Bonchev–Trinajstić information content (AvgIpc) is 2.28. The zero-order chi connectivity index (χ0) is 12.3. The number of carboxylic acid groups (broad SMARTS) is 1. The van der Waals surface area contributed by atoms with Crippen molar-refractivity contribution >= 4 is 16.9 Å². The van der Waals surface area contributed by atoms with E-state index < -0.39 is 5.97 Å². The predicted molar refractivity (Wildman–Crippen MR) is 67.1 cm³/mol. The zero-order valence-electron chi connectivity index (χ0n) is 9.81. The molecule has 0 unspecified atom stereocenters. The number of hydrogen-bond donors (Lipinski definition) is 1. The number of nitrogens with zero attached hydrogens (tertiary/aromatic N) is 1. The van der Waals surface area contributed by atoms with E-state index in [4.69, 9.17) is 5.11 Å². The van der Waals surface area contributed by atoms with Crippen molar-refractivity contribution in [3.05, 3.63) is 41.6 Å². The Morgan fingerprint density at radius 2 is 2.12 bits per heavy atom. The van der Waals surface area contributed by atoms with Crippen LogP contribution in [0.25, 0.3) is 10.9 Å². The van der Waals surface area contributed by atoms with Crippen molar-refractivity contribution in [1.29, 1.82) is 0 Å². The number of carbonyl (C=O) groups is 1. The van der Waals surface area contributed by atoms with Gasteiger partial charge in [0.05, 0.1) is 5.52 Å². The third kappa shape index (κ3) is 2.81.